The molecule has 1 aromatic heterocycles. The monoisotopic (exact) mass is 231 g/mol. The molecule has 0 aliphatic carbocycles. The van der Waals surface area contributed by atoms with Crippen molar-refractivity contribution in [3.63, 3.8) is 0 Å². The fourth-order valence-electron chi connectivity index (χ4n) is 1.26. The fraction of sp³-hybridized carbons (Fsp3) is 0.125. The zero-order chi connectivity index (χ0) is 10.3. The van der Waals surface area contributed by atoms with Gasteiger partial charge < -0.3 is 4.52 Å². The molecule has 0 bridgehead atoms. The Morgan fingerprint density at radius 3 is 2.79 bits per heavy atom. The molecule has 0 N–H and O–H groups in total. The molecule has 1 heterocycles. The molecule has 14 heavy (non-hydrogen) atoms. The lowest BCUT2D eigenvalue weighted by Crippen LogP contribution is -1.91. The van der Waals surface area contributed by atoms with Crippen molar-refractivity contribution in [2.24, 2.45) is 0 Å². The van der Waals surface area contributed by atoms with Gasteiger partial charge in [-0.15, -0.1) is 0 Å². The highest BCUT2D eigenvalue weighted by molar-refractivity contribution is 8.14. The third kappa shape index (κ3) is 1.38. The maximum Gasteiger partial charge on any atom is 0.263 e. The molecule has 0 unspecified atom stereocenters. The summed E-state index contributed by atoms with van der Waals surface area (Å²) in [6, 6.07) is 4.72. The summed E-state index contributed by atoms with van der Waals surface area (Å²) in [5, 5.41) is 4.31. The summed E-state index contributed by atoms with van der Waals surface area (Å²) >= 11 is 0. The SMILES string of the molecule is Cc1onc2c(S(=O)(=O)Cl)cccc12. The molecule has 0 spiro atoms. The molecular weight excluding hydrogens is 226 g/mol. The Labute approximate surface area is 84.9 Å². The largest absolute Gasteiger partial charge is 0.360 e. The minimum Gasteiger partial charge on any atom is -0.360 e. The van der Waals surface area contributed by atoms with Crippen molar-refractivity contribution < 1.29 is 12.9 Å². The molecule has 0 radical (unpaired) electrons. The van der Waals surface area contributed by atoms with Crippen LogP contribution in [0.2, 0.25) is 0 Å². The van der Waals surface area contributed by atoms with Crippen LogP contribution < -0.4 is 0 Å². The Kier molecular flexibility index (Phi) is 2.01. The van der Waals surface area contributed by atoms with Crippen LogP contribution >= 0.6 is 10.7 Å². The van der Waals surface area contributed by atoms with Crippen molar-refractivity contribution in [2.75, 3.05) is 0 Å². The summed E-state index contributed by atoms with van der Waals surface area (Å²) in [5.74, 6) is 0.571. The molecule has 0 saturated carbocycles. The van der Waals surface area contributed by atoms with Crippen LogP contribution in [0.1, 0.15) is 5.76 Å². The maximum absolute atomic E-state index is 11.1. The molecule has 0 aliphatic rings. The first kappa shape index (κ1) is 9.48. The van der Waals surface area contributed by atoms with Crippen LogP contribution in [0.25, 0.3) is 10.9 Å². The molecular formula is C8H6ClNO3S. The molecule has 0 saturated heterocycles. The number of hydrogen-bond donors (Lipinski definition) is 0. The van der Waals surface area contributed by atoms with E-state index in [9.17, 15) is 8.42 Å². The first-order valence-corrected chi connectivity index (χ1v) is 6.11. The minimum atomic E-state index is -3.77. The van der Waals surface area contributed by atoms with E-state index in [1.54, 1.807) is 19.1 Å². The van der Waals surface area contributed by atoms with E-state index in [4.69, 9.17) is 15.2 Å². The molecule has 1 aromatic carbocycles. The summed E-state index contributed by atoms with van der Waals surface area (Å²) in [7, 11) is 1.47. The molecule has 2 aromatic rings. The van der Waals surface area contributed by atoms with Crippen molar-refractivity contribution in [2.45, 2.75) is 11.8 Å². The van der Waals surface area contributed by atoms with Gasteiger partial charge in [0, 0.05) is 16.1 Å². The lowest BCUT2D eigenvalue weighted by molar-refractivity contribution is 0.404. The number of benzene rings is 1. The number of aromatic nitrogens is 1. The predicted octanol–water partition coefficient (Wildman–Crippen LogP) is 2.06. The lowest BCUT2D eigenvalue weighted by Gasteiger charge is -1.94. The number of fused-ring (bicyclic) bond motifs is 1. The molecule has 2 rings (SSSR count). The number of rotatable bonds is 1. The Hall–Kier alpha value is -1.07. The van der Waals surface area contributed by atoms with E-state index in [-0.39, 0.29) is 10.4 Å². The summed E-state index contributed by atoms with van der Waals surface area (Å²) < 4.78 is 27.2. The van der Waals surface area contributed by atoms with Crippen molar-refractivity contribution in [1.82, 2.24) is 5.16 Å². The topological polar surface area (TPSA) is 60.2 Å². The van der Waals surface area contributed by atoms with Crippen molar-refractivity contribution >= 4 is 30.6 Å². The molecule has 6 heteroatoms. The van der Waals surface area contributed by atoms with Gasteiger partial charge in [0.15, 0.2) is 0 Å². The molecule has 0 aliphatic heterocycles. The average Bonchev–Trinajstić information content (AvgIpc) is 2.46. The van der Waals surface area contributed by atoms with E-state index in [0.29, 0.717) is 11.1 Å². The normalized spacial score (nSPS) is 12.1. The number of halogens is 1. The third-order valence-corrected chi connectivity index (χ3v) is 3.27. The van der Waals surface area contributed by atoms with E-state index >= 15 is 0 Å². The van der Waals surface area contributed by atoms with Crippen LogP contribution in [0.3, 0.4) is 0 Å². The van der Waals surface area contributed by atoms with Crippen LogP contribution in [0.15, 0.2) is 27.6 Å². The van der Waals surface area contributed by atoms with Crippen molar-refractivity contribution in [1.29, 1.82) is 0 Å². The highest BCUT2D eigenvalue weighted by Gasteiger charge is 2.17. The second-order valence-electron chi connectivity index (χ2n) is 2.83. The highest BCUT2D eigenvalue weighted by atomic mass is 35.7. The lowest BCUT2D eigenvalue weighted by atomic mass is 10.2. The van der Waals surface area contributed by atoms with Gasteiger partial charge in [-0.3, -0.25) is 0 Å². The summed E-state index contributed by atoms with van der Waals surface area (Å²) in [5.41, 5.74) is 0.278. The fourth-order valence-corrected chi connectivity index (χ4v) is 2.25. The molecule has 0 atom stereocenters. The molecule has 74 valence electrons. The second-order valence-corrected chi connectivity index (χ2v) is 5.36. The summed E-state index contributed by atoms with van der Waals surface area (Å²) in [6.07, 6.45) is 0. The predicted molar refractivity (Wildman–Crippen MR) is 51.8 cm³/mol. The Morgan fingerprint density at radius 1 is 1.43 bits per heavy atom. The standard InChI is InChI=1S/C8H6ClNO3S/c1-5-6-3-2-4-7(14(9,11)12)8(6)10-13-5/h2-4H,1H3. The van der Waals surface area contributed by atoms with Crippen molar-refractivity contribution in [3.8, 4) is 0 Å². The van der Waals surface area contributed by atoms with Crippen LogP contribution in [0.5, 0.6) is 0 Å². The van der Waals surface area contributed by atoms with E-state index in [1.807, 2.05) is 0 Å². The van der Waals surface area contributed by atoms with Gasteiger partial charge in [0.05, 0.1) is 0 Å². The minimum absolute atomic E-state index is 0.0199. The maximum atomic E-state index is 11.1. The first-order valence-electron chi connectivity index (χ1n) is 3.80. The molecule has 0 amide bonds. The number of nitrogens with zero attached hydrogens (tertiary/aromatic N) is 1. The first-order chi connectivity index (χ1) is 6.50. The average molecular weight is 232 g/mol. The summed E-state index contributed by atoms with van der Waals surface area (Å²) in [4.78, 5) is -0.0199. The van der Waals surface area contributed by atoms with Crippen molar-refractivity contribution in [3.05, 3.63) is 24.0 Å². The van der Waals surface area contributed by atoms with Gasteiger partial charge in [0.1, 0.15) is 16.2 Å². The van der Waals surface area contributed by atoms with Crippen LogP contribution in [0.4, 0.5) is 0 Å². The highest BCUT2D eigenvalue weighted by Crippen LogP contribution is 2.26. The van der Waals surface area contributed by atoms with Gasteiger partial charge in [0.25, 0.3) is 9.05 Å². The number of aryl methyl sites for hydroxylation is 1. The van der Waals surface area contributed by atoms with Crippen LogP contribution in [-0.4, -0.2) is 13.6 Å². The third-order valence-electron chi connectivity index (χ3n) is 1.91. The number of hydrogen-bond acceptors (Lipinski definition) is 4. The van der Waals surface area contributed by atoms with E-state index in [1.165, 1.54) is 6.07 Å². The Bertz CT molecular complexity index is 588. The quantitative estimate of drug-likeness (QED) is 0.705. The van der Waals surface area contributed by atoms with E-state index in [2.05, 4.69) is 5.16 Å². The van der Waals surface area contributed by atoms with Gasteiger partial charge in [-0.25, -0.2) is 8.42 Å². The second kappa shape index (κ2) is 2.96. The van der Waals surface area contributed by atoms with Crippen LogP contribution in [0, 0.1) is 6.92 Å². The van der Waals surface area contributed by atoms with Gasteiger partial charge in [-0.1, -0.05) is 11.2 Å². The summed E-state index contributed by atoms with van der Waals surface area (Å²) in [6.45, 7) is 1.71. The van der Waals surface area contributed by atoms with Gasteiger partial charge in [-0.2, -0.15) is 0 Å². The van der Waals surface area contributed by atoms with E-state index < -0.39 is 9.05 Å². The van der Waals surface area contributed by atoms with Gasteiger partial charge in [0.2, 0.25) is 0 Å². The zero-order valence-corrected chi connectivity index (χ0v) is 8.76. The van der Waals surface area contributed by atoms with E-state index in [0.717, 1.165) is 0 Å². The Morgan fingerprint density at radius 2 is 2.14 bits per heavy atom. The molecule has 4 nitrogen and oxygen atoms in total. The van der Waals surface area contributed by atoms with Crippen LogP contribution in [-0.2, 0) is 9.05 Å². The smallest absolute Gasteiger partial charge is 0.263 e. The molecule has 0 fully saturated rings. The van der Waals surface area contributed by atoms with Gasteiger partial charge in [-0.05, 0) is 19.1 Å². The Balaban J connectivity index is 2.92. The zero-order valence-electron chi connectivity index (χ0n) is 7.19. The van der Waals surface area contributed by atoms with Gasteiger partial charge >= 0.3 is 0 Å².